The number of amides is 2. The zero-order valence-electron chi connectivity index (χ0n) is 25.0. The van der Waals surface area contributed by atoms with Crippen LogP contribution in [0.15, 0.2) is 115 Å². The van der Waals surface area contributed by atoms with Gasteiger partial charge in [0.1, 0.15) is 11.8 Å². The first-order valence-corrected chi connectivity index (χ1v) is 15.5. The van der Waals surface area contributed by atoms with Crippen molar-refractivity contribution in [3.8, 4) is 5.75 Å². The van der Waals surface area contributed by atoms with Gasteiger partial charge in [0.15, 0.2) is 0 Å². The van der Waals surface area contributed by atoms with Crippen molar-refractivity contribution in [3.05, 3.63) is 138 Å². The summed E-state index contributed by atoms with van der Waals surface area (Å²) in [5.74, 6) is 0.451. The third-order valence-electron chi connectivity index (χ3n) is 8.49. The molecule has 5 nitrogen and oxygen atoms in total. The van der Waals surface area contributed by atoms with E-state index in [2.05, 4.69) is 29.6 Å². The van der Waals surface area contributed by atoms with Gasteiger partial charge in [0.25, 0.3) is 0 Å². The summed E-state index contributed by atoms with van der Waals surface area (Å²) in [6.45, 7) is 0.307. The van der Waals surface area contributed by atoms with E-state index in [1.54, 1.807) is 12.0 Å². The standard InChI is InChI=1S/C38H42N2O3/c1-43-34-24-14-17-30(25-34)28-40(37(41)27-35(31-18-8-3-9-19-31)32-20-10-4-11-21-32)36(26-29-15-6-2-7-16-29)38(42)39-33-22-12-5-13-23-33/h2-4,6-11,14-21,24-25,33,35-36H,5,12-13,22-23,26-28H2,1H3,(H,39,42)/t36-/m0/s1. The third kappa shape index (κ3) is 8.35. The number of nitrogens with one attached hydrogen (secondary N) is 1. The minimum atomic E-state index is -0.657. The summed E-state index contributed by atoms with van der Waals surface area (Å²) in [5.41, 5.74) is 4.11. The van der Waals surface area contributed by atoms with E-state index in [1.165, 1.54) is 6.42 Å². The Hall–Kier alpha value is -4.38. The number of ether oxygens (including phenoxy) is 1. The molecule has 1 aliphatic carbocycles. The molecule has 1 atom stereocenters. The molecule has 43 heavy (non-hydrogen) atoms. The Balaban J connectivity index is 1.51. The number of hydrogen-bond acceptors (Lipinski definition) is 3. The lowest BCUT2D eigenvalue weighted by molar-refractivity contribution is -0.141. The van der Waals surface area contributed by atoms with E-state index in [0.717, 1.165) is 53.7 Å². The molecule has 5 rings (SSSR count). The Morgan fingerprint density at radius 3 is 1.95 bits per heavy atom. The SMILES string of the molecule is COc1cccc(CN(C(=O)CC(c2ccccc2)c2ccccc2)[C@@H](Cc2ccccc2)C(=O)NC2CCCCC2)c1. The van der Waals surface area contributed by atoms with Crippen molar-refractivity contribution in [2.75, 3.05) is 7.11 Å². The molecule has 4 aromatic rings. The Kier molecular flexibility index (Phi) is 10.6. The number of methoxy groups -OCH3 is 1. The van der Waals surface area contributed by atoms with Crippen LogP contribution in [0.5, 0.6) is 5.75 Å². The summed E-state index contributed by atoms with van der Waals surface area (Å²) in [7, 11) is 1.64. The molecule has 0 bridgehead atoms. The second kappa shape index (κ2) is 15.2. The van der Waals surface area contributed by atoms with Crippen molar-refractivity contribution in [3.63, 3.8) is 0 Å². The second-order valence-electron chi connectivity index (χ2n) is 11.5. The van der Waals surface area contributed by atoms with E-state index >= 15 is 0 Å². The van der Waals surface area contributed by atoms with Gasteiger partial charge in [-0.2, -0.15) is 0 Å². The van der Waals surface area contributed by atoms with Crippen LogP contribution in [-0.4, -0.2) is 35.9 Å². The van der Waals surface area contributed by atoms with Gasteiger partial charge in [-0.25, -0.2) is 0 Å². The fourth-order valence-corrected chi connectivity index (χ4v) is 6.16. The third-order valence-corrected chi connectivity index (χ3v) is 8.49. The van der Waals surface area contributed by atoms with Crippen molar-refractivity contribution in [2.24, 2.45) is 0 Å². The molecule has 0 radical (unpaired) electrons. The minimum absolute atomic E-state index is 0.0553. The van der Waals surface area contributed by atoms with Crippen LogP contribution in [0.4, 0.5) is 0 Å². The van der Waals surface area contributed by atoms with Crippen molar-refractivity contribution in [1.82, 2.24) is 10.2 Å². The largest absolute Gasteiger partial charge is 0.497 e. The van der Waals surface area contributed by atoms with E-state index in [4.69, 9.17) is 4.74 Å². The van der Waals surface area contributed by atoms with Crippen molar-refractivity contribution >= 4 is 11.8 Å². The molecule has 0 unspecified atom stereocenters. The van der Waals surface area contributed by atoms with Crippen LogP contribution in [-0.2, 0) is 22.6 Å². The monoisotopic (exact) mass is 574 g/mol. The fourth-order valence-electron chi connectivity index (χ4n) is 6.16. The summed E-state index contributed by atoms with van der Waals surface area (Å²) in [4.78, 5) is 30.6. The summed E-state index contributed by atoms with van der Waals surface area (Å²) in [6.07, 6.45) is 6.11. The summed E-state index contributed by atoms with van der Waals surface area (Å²) >= 11 is 0. The van der Waals surface area contributed by atoms with E-state index in [9.17, 15) is 9.59 Å². The van der Waals surface area contributed by atoms with Crippen molar-refractivity contribution in [1.29, 1.82) is 0 Å². The van der Waals surface area contributed by atoms with Gasteiger partial charge in [0, 0.05) is 31.3 Å². The zero-order valence-corrected chi connectivity index (χ0v) is 25.0. The number of benzene rings is 4. The molecule has 0 heterocycles. The Morgan fingerprint density at radius 2 is 1.35 bits per heavy atom. The van der Waals surface area contributed by atoms with Gasteiger partial charge in [0.05, 0.1) is 7.11 Å². The van der Waals surface area contributed by atoms with Crippen LogP contribution in [0, 0.1) is 0 Å². The molecule has 222 valence electrons. The maximum atomic E-state index is 14.6. The molecular formula is C38H42N2O3. The predicted octanol–water partition coefficient (Wildman–Crippen LogP) is 7.31. The molecule has 4 aromatic carbocycles. The van der Waals surface area contributed by atoms with E-state index in [1.807, 2.05) is 91.0 Å². The van der Waals surface area contributed by atoms with Gasteiger partial charge in [-0.1, -0.05) is 122 Å². The predicted molar refractivity (Wildman–Crippen MR) is 172 cm³/mol. The number of carbonyl (C=O) groups is 2. The molecule has 0 aliphatic heterocycles. The van der Waals surface area contributed by atoms with Gasteiger partial charge in [-0.3, -0.25) is 9.59 Å². The fraction of sp³-hybridized carbons (Fsp3) is 0.316. The van der Waals surface area contributed by atoms with Gasteiger partial charge in [-0.15, -0.1) is 0 Å². The van der Waals surface area contributed by atoms with E-state index in [-0.39, 0.29) is 30.2 Å². The van der Waals surface area contributed by atoms with Gasteiger partial charge < -0.3 is 15.0 Å². The highest BCUT2D eigenvalue weighted by molar-refractivity contribution is 5.88. The Labute approximate surface area is 255 Å². The summed E-state index contributed by atoms with van der Waals surface area (Å²) in [5, 5.41) is 3.34. The van der Waals surface area contributed by atoms with Crippen LogP contribution < -0.4 is 10.1 Å². The number of hydrogen-bond donors (Lipinski definition) is 1. The lowest BCUT2D eigenvalue weighted by Gasteiger charge is -2.34. The first-order valence-electron chi connectivity index (χ1n) is 15.5. The summed E-state index contributed by atoms with van der Waals surface area (Å²) in [6, 6.07) is 37.6. The highest BCUT2D eigenvalue weighted by atomic mass is 16.5. The Morgan fingerprint density at radius 1 is 0.767 bits per heavy atom. The quantitative estimate of drug-likeness (QED) is 0.193. The highest BCUT2D eigenvalue weighted by Crippen LogP contribution is 2.30. The van der Waals surface area contributed by atoms with Crippen molar-refractivity contribution < 1.29 is 14.3 Å². The maximum Gasteiger partial charge on any atom is 0.243 e. The van der Waals surface area contributed by atoms with E-state index < -0.39 is 6.04 Å². The first kappa shape index (κ1) is 30.1. The summed E-state index contributed by atoms with van der Waals surface area (Å²) < 4.78 is 5.50. The zero-order chi connectivity index (χ0) is 29.9. The molecule has 5 heteroatoms. The number of nitrogens with zero attached hydrogens (tertiary/aromatic N) is 1. The molecule has 1 N–H and O–H groups in total. The lowest BCUT2D eigenvalue weighted by atomic mass is 9.87. The Bertz CT molecular complexity index is 1400. The van der Waals surface area contributed by atoms with Gasteiger partial charge in [0.2, 0.25) is 11.8 Å². The van der Waals surface area contributed by atoms with E-state index in [0.29, 0.717) is 13.0 Å². The smallest absolute Gasteiger partial charge is 0.243 e. The van der Waals surface area contributed by atoms with Gasteiger partial charge >= 0.3 is 0 Å². The van der Waals surface area contributed by atoms with Crippen LogP contribution in [0.1, 0.15) is 66.7 Å². The highest BCUT2D eigenvalue weighted by Gasteiger charge is 2.33. The molecule has 1 fully saturated rings. The molecule has 0 aromatic heterocycles. The topological polar surface area (TPSA) is 58.6 Å². The minimum Gasteiger partial charge on any atom is -0.497 e. The normalized spacial score (nSPS) is 14.2. The molecular weight excluding hydrogens is 532 g/mol. The van der Waals surface area contributed by atoms with Crippen molar-refractivity contribution in [2.45, 2.75) is 69.5 Å². The van der Waals surface area contributed by atoms with Crippen LogP contribution >= 0.6 is 0 Å². The molecule has 2 amide bonds. The molecule has 1 saturated carbocycles. The number of rotatable bonds is 12. The molecule has 0 spiro atoms. The van der Waals surface area contributed by atoms with Crippen LogP contribution in [0.25, 0.3) is 0 Å². The van der Waals surface area contributed by atoms with Crippen LogP contribution in [0.2, 0.25) is 0 Å². The van der Waals surface area contributed by atoms with Gasteiger partial charge in [-0.05, 0) is 47.2 Å². The average molecular weight is 575 g/mol. The first-order chi connectivity index (χ1) is 21.1. The average Bonchev–Trinajstić information content (AvgIpc) is 3.07. The molecule has 0 saturated heterocycles. The second-order valence-corrected chi connectivity index (χ2v) is 11.5. The lowest BCUT2D eigenvalue weighted by Crippen LogP contribution is -2.53. The number of carbonyl (C=O) groups excluding carboxylic acids is 2. The van der Waals surface area contributed by atoms with Crippen LogP contribution in [0.3, 0.4) is 0 Å². The molecule has 1 aliphatic rings. The maximum absolute atomic E-state index is 14.6.